The van der Waals surface area contributed by atoms with Gasteiger partial charge in [-0.2, -0.15) is 5.10 Å². The molecule has 0 atom stereocenters. The molecule has 0 fully saturated rings. The molecule has 0 aliphatic heterocycles. The predicted octanol–water partition coefficient (Wildman–Crippen LogP) is 1.23. The second-order valence-electron chi connectivity index (χ2n) is 4.53. The van der Waals surface area contributed by atoms with E-state index in [-0.39, 0.29) is 6.03 Å². The summed E-state index contributed by atoms with van der Waals surface area (Å²) >= 11 is 0. The van der Waals surface area contributed by atoms with Crippen molar-refractivity contribution in [1.29, 1.82) is 0 Å². The molecular formula is C13H18N6O. The molecule has 0 aromatic carbocycles. The van der Waals surface area contributed by atoms with E-state index in [4.69, 9.17) is 0 Å². The highest BCUT2D eigenvalue weighted by Gasteiger charge is 2.04. The third-order valence-corrected chi connectivity index (χ3v) is 2.72. The Labute approximate surface area is 117 Å². The van der Waals surface area contributed by atoms with E-state index in [1.807, 2.05) is 31.3 Å². The van der Waals surface area contributed by atoms with E-state index in [1.54, 1.807) is 18.5 Å². The van der Waals surface area contributed by atoms with E-state index >= 15 is 0 Å². The van der Waals surface area contributed by atoms with Gasteiger partial charge in [0.1, 0.15) is 5.82 Å². The van der Waals surface area contributed by atoms with Gasteiger partial charge in [-0.25, -0.2) is 9.78 Å². The number of pyridine rings is 1. The van der Waals surface area contributed by atoms with Gasteiger partial charge in [-0.05, 0) is 18.1 Å². The average molecular weight is 274 g/mol. The molecule has 2 aromatic rings. The lowest BCUT2D eigenvalue weighted by atomic mass is 10.2. The normalized spacial score (nSPS) is 10.1. The van der Waals surface area contributed by atoms with Crippen LogP contribution in [0.1, 0.15) is 5.56 Å². The molecule has 0 saturated carbocycles. The topological polar surface area (TPSA) is 85.9 Å². The largest absolute Gasteiger partial charge is 0.363 e. The van der Waals surface area contributed by atoms with Crippen LogP contribution in [0.15, 0.2) is 30.7 Å². The molecule has 0 bridgehead atoms. The first-order chi connectivity index (χ1) is 9.65. The number of carbonyl (C=O) groups excluding carboxylic acids is 1. The van der Waals surface area contributed by atoms with E-state index in [2.05, 4.69) is 25.8 Å². The summed E-state index contributed by atoms with van der Waals surface area (Å²) < 4.78 is 0. The van der Waals surface area contributed by atoms with Crippen molar-refractivity contribution < 1.29 is 4.79 Å². The first-order valence-electron chi connectivity index (χ1n) is 6.31. The van der Waals surface area contributed by atoms with E-state index in [1.165, 1.54) is 0 Å². The van der Waals surface area contributed by atoms with Crippen LogP contribution < -0.4 is 15.5 Å². The molecule has 0 radical (unpaired) electrons. The summed E-state index contributed by atoms with van der Waals surface area (Å²) in [5, 5.41) is 12.2. The van der Waals surface area contributed by atoms with Crippen LogP contribution in [-0.4, -0.2) is 41.9 Å². The average Bonchev–Trinajstić information content (AvgIpc) is 2.92. The van der Waals surface area contributed by atoms with Crippen LogP contribution in [0, 0.1) is 0 Å². The van der Waals surface area contributed by atoms with Crippen LogP contribution >= 0.6 is 0 Å². The number of aromatic nitrogens is 3. The molecule has 3 N–H and O–H groups in total. The predicted molar refractivity (Wildman–Crippen MR) is 77.9 cm³/mol. The molecule has 20 heavy (non-hydrogen) atoms. The Kier molecular flexibility index (Phi) is 4.54. The molecule has 0 aliphatic carbocycles. The quantitative estimate of drug-likeness (QED) is 0.765. The Balaban J connectivity index is 1.80. The molecule has 106 valence electrons. The van der Waals surface area contributed by atoms with Gasteiger partial charge in [0, 0.05) is 44.8 Å². The van der Waals surface area contributed by atoms with Gasteiger partial charge in [0.15, 0.2) is 0 Å². The number of urea groups is 1. The van der Waals surface area contributed by atoms with Gasteiger partial charge < -0.3 is 15.5 Å². The highest BCUT2D eigenvalue weighted by atomic mass is 16.2. The Morgan fingerprint density at radius 1 is 1.45 bits per heavy atom. The van der Waals surface area contributed by atoms with Crippen LogP contribution in [0.5, 0.6) is 0 Å². The zero-order valence-electron chi connectivity index (χ0n) is 11.6. The third kappa shape index (κ3) is 3.98. The summed E-state index contributed by atoms with van der Waals surface area (Å²) in [6.45, 7) is 0.553. The van der Waals surface area contributed by atoms with Crippen LogP contribution in [-0.2, 0) is 6.42 Å². The van der Waals surface area contributed by atoms with E-state index < -0.39 is 0 Å². The zero-order valence-corrected chi connectivity index (χ0v) is 11.6. The van der Waals surface area contributed by atoms with Crippen molar-refractivity contribution in [3.8, 4) is 0 Å². The van der Waals surface area contributed by atoms with Crippen molar-refractivity contribution in [1.82, 2.24) is 20.5 Å². The molecule has 2 heterocycles. The minimum atomic E-state index is -0.232. The molecular weight excluding hydrogens is 256 g/mol. The first-order valence-corrected chi connectivity index (χ1v) is 6.31. The van der Waals surface area contributed by atoms with E-state index in [9.17, 15) is 4.79 Å². The standard InChI is InChI=1S/C13H18N6O/c1-19(2)12-7-11(4-6-14-12)18-13(20)15-5-3-10-8-16-17-9-10/h4,6-9H,3,5H2,1-2H3,(H,16,17)(H2,14,15,18,20). The lowest BCUT2D eigenvalue weighted by Crippen LogP contribution is -2.30. The van der Waals surface area contributed by atoms with Crippen molar-refractivity contribution in [3.05, 3.63) is 36.3 Å². The third-order valence-electron chi connectivity index (χ3n) is 2.72. The minimum Gasteiger partial charge on any atom is -0.363 e. The number of rotatable bonds is 5. The fourth-order valence-electron chi connectivity index (χ4n) is 1.65. The van der Waals surface area contributed by atoms with Crippen molar-refractivity contribution in [2.24, 2.45) is 0 Å². The van der Waals surface area contributed by atoms with Crippen LogP contribution in [0.25, 0.3) is 0 Å². The fourth-order valence-corrected chi connectivity index (χ4v) is 1.65. The molecule has 7 nitrogen and oxygen atoms in total. The second-order valence-corrected chi connectivity index (χ2v) is 4.53. The maximum absolute atomic E-state index is 11.7. The lowest BCUT2D eigenvalue weighted by Gasteiger charge is -2.13. The van der Waals surface area contributed by atoms with Crippen LogP contribution in [0.4, 0.5) is 16.3 Å². The number of hydrogen-bond acceptors (Lipinski definition) is 4. The number of nitrogens with one attached hydrogen (secondary N) is 3. The molecule has 7 heteroatoms. The van der Waals surface area contributed by atoms with Gasteiger partial charge in [0.2, 0.25) is 0 Å². The Hall–Kier alpha value is -2.57. The smallest absolute Gasteiger partial charge is 0.319 e. The van der Waals surface area contributed by atoms with Gasteiger partial charge in [0.05, 0.1) is 6.20 Å². The van der Waals surface area contributed by atoms with Gasteiger partial charge in [0.25, 0.3) is 0 Å². The second kappa shape index (κ2) is 6.55. The van der Waals surface area contributed by atoms with Gasteiger partial charge in [-0.1, -0.05) is 0 Å². The number of aromatic amines is 1. The Morgan fingerprint density at radius 2 is 2.30 bits per heavy atom. The van der Waals surface area contributed by atoms with Gasteiger partial charge in [-0.3, -0.25) is 5.10 Å². The maximum Gasteiger partial charge on any atom is 0.319 e. The molecule has 2 aromatic heterocycles. The SMILES string of the molecule is CN(C)c1cc(NC(=O)NCCc2cn[nH]c2)ccn1. The summed E-state index contributed by atoms with van der Waals surface area (Å²) in [6.07, 6.45) is 5.96. The molecule has 0 aliphatic rings. The molecule has 0 saturated heterocycles. The van der Waals surface area contributed by atoms with E-state index in [0.29, 0.717) is 12.2 Å². The zero-order chi connectivity index (χ0) is 14.4. The molecule has 0 unspecified atom stereocenters. The van der Waals surface area contributed by atoms with Crippen molar-refractivity contribution >= 4 is 17.5 Å². The van der Waals surface area contributed by atoms with Crippen molar-refractivity contribution in [3.63, 3.8) is 0 Å². The molecule has 2 amide bonds. The summed E-state index contributed by atoms with van der Waals surface area (Å²) in [5.41, 5.74) is 1.77. The summed E-state index contributed by atoms with van der Waals surface area (Å²) in [7, 11) is 3.80. The number of H-pyrrole nitrogens is 1. The number of carbonyl (C=O) groups is 1. The number of hydrogen-bond donors (Lipinski definition) is 3. The summed E-state index contributed by atoms with van der Waals surface area (Å²) in [5.74, 6) is 0.793. The Bertz CT molecular complexity index is 552. The fraction of sp³-hybridized carbons (Fsp3) is 0.308. The monoisotopic (exact) mass is 274 g/mol. The van der Waals surface area contributed by atoms with Crippen molar-refractivity contribution in [2.45, 2.75) is 6.42 Å². The van der Waals surface area contributed by atoms with E-state index in [0.717, 1.165) is 17.8 Å². The van der Waals surface area contributed by atoms with Gasteiger partial charge in [-0.15, -0.1) is 0 Å². The summed E-state index contributed by atoms with van der Waals surface area (Å²) in [4.78, 5) is 17.8. The number of anilines is 2. The first kappa shape index (κ1) is 13.9. The lowest BCUT2D eigenvalue weighted by molar-refractivity contribution is 0.252. The molecule has 2 rings (SSSR count). The van der Waals surface area contributed by atoms with Gasteiger partial charge >= 0.3 is 6.03 Å². The molecule has 0 spiro atoms. The Morgan fingerprint density at radius 3 is 3.00 bits per heavy atom. The van der Waals surface area contributed by atoms with Crippen LogP contribution in [0.2, 0.25) is 0 Å². The summed E-state index contributed by atoms with van der Waals surface area (Å²) in [6, 6.07) is 3.34. The van der Waals surface area contributed by atoms with Crippen LogP contribution in [0.3, 0.4) is 0 Å². The number of nitrogens with zero attached hydrogens (tertiary/aromatic N) is 3. The van der Waals surface area contributed by atoms with Crippen molar-refractivity contribution in [2.75, 3.05) is 30.9 Å². The minimum absolute atomic E-state index is 0.232. The number of amides is 2. The maximum atomic E-state index is 11.7. The highest BCUT2D eigenvalue weighted by molar-refractivity contribution is 5.89. The highest BCUT2D eigenvalue weighted by Crippen LogP contribution is 2.13.